The van der Waals surface area contributed by atoms with Crippen molar-refractivity contribution in [2.75, 3.05) is 56.7 Å². The molecule has 2 aromatic rings. The molecule has 1 aliphatic rings. The predicted molar refractivity (Wildman–Crippen MR) is 122 cm³/mol. The topological polar surface area (TPSA) is 71.1 Å². The average Bonchev–Trinajstić information content (AvgIpc) is 2.76. The summed E-state index contributed by atoms with van der Waals surface area (Å²) in [5, 5.41) is 2.92. The third-order valence-corrected chi connectivity index (χ3v) is 5.42. The molecule has 1 saturated heterocycles. The van der Waals surface area contributed by atoms with Crippen molar-refractivity contribution in [3.63, 3.8) is 0 Å². The van der Waals surface area contributed by atoms with E-state index in [1.165, 1.54) is 7.11 Å². The van der Waals surface area contributed by atoms with Crippen molar-refractivity contribution in [2.24, 2.45) is 0 Å². The first-order valence-corrected chi connectivity index (χ1v) is 10.6. The maximum atomic E-state index is 12.7. The molecule has 1 aliphatic heterocycles. The van der Waals surface area contributed by atoms with Crippen LogP contribution in [0.5, 0.6) is 5.75 Å². The first-order chi connectivity index (χ1) is 14.9. The first-order valence-electron chi connectivity index (χ1n) is 10.6. The molecule has 0 unspecified atom stereocenters. The van der Waals surface area contributed by atoms with E-state index in [-0.39, 0.29) is 12.5 Å². The van der Waals surface area contributed by atoms with Gasteiger partial charge in [0, 0.05) is 26.2 Å². The minimum atomic E-state index is -0.440. The van der Waals surface area contributed by atoms with Crippen LogP contribution in [0.1, 0.15) is 28.4 Å². The van der Waals surface area contributed by atoms with Crippen LogP contribution in [0.2, 0.25) is 0 Å². The number of benzene rings is 2. The van der Waals surface area contributed by atoms with Gasteiger partial charge < -0.3 is 24.6 Å². The van der Waals surface area contributed by atoms with Crippen LogP contribution in [0.15, 0.2) is 36.4 Å². The fraction of sp³-hybridized carbons (Fsp3) is 0.417. The van der Waals surface area contributed by atoms with Gasteiger partial charge in [0.25, 0.3) is 5.91 Å². The van der Waals surface area contributed by atoms with Gasteiger partial charge in [-0.1, -0.05) is 13.0 Å². The Hall–Kier alpha value is -3.06. The number of nitrogens with one attached hydrogen (secondary N) is 1. The summed E-state index contributed by atoms with van der Waals surface area (Å²) < 4.78 is 10.5. The van der Waals surface area contributed by atoms with E-state index in [9.17, 15) is 9.59 Å². The highest BCUT2D eigenvalue weighted by Crippen LogP contribution is 2.29. The molecule has 2 aromatic carbocycles. The van der Waals surface area contributed by atoms with Crippen molar-refractivity contribution < 1.29 is 19.1 Å². The number of methoxy groups -OCH3 is 1. The molecule has 166 valence electrons. The number of aryl methyl sites for hydroxylation is 2. The largest absolute Gasteiger partial charge is 0.484 e. The quantitative estimate of drug-likeness (QED) is 0.687. The number of carbonyl (C=O) groups excluding carboxylic acids is 2. The zero-order valence-electron chi connectivity index (χ0n) is 18.7. The zero-order valence-corrected chi connectivity index (χ0v) is 18.7. The molecule has 1 heterocycles. The van der Waals surface area contributed by atoms with Gasteiger partial charge in [-0.05, 0) is 61.9 Å². The molecule has 31 heavy (non-hydrogen) atoms. The number of ether oxygens (including phenoxy) is 2. The van der Waals surface area contributed by atoms with Gasteiger partial charge in [0.05, 0.1) is 24.0 Å². The summed E-state index contributed by atoms with van der Waals surface area (Å²) >= 11 is 0. The number of esters is 1. The third kappa shape index (κ3) is 5.98. The van der Waals surface area contributed by atoms with Gasteiger partial charge in [-0.15, -0.1) is 0 Å². The Labute approximate surface area is 183 Å². The van der Waals surface area contributed by atoms with E-state index in [0.717, 1.165) is 49.5 Å². The van der Waals surface area contributed by atoms with Gasteiger partial charge in [-0.3, -0.25) is 4.79 Å². The van der Waals surface area contributed by atoms with Gasteiger partial charge in [0.15, 0.2) is 6.61 Å². The lowest BCUT2D eigenvalue weighted by Gasteiger charge is -2.36. The van der Waals surface area contributed by atoms with Crippen molar-refractivity contribution in [1.29, 1.82) is 0 Å². The Balaban J connectivity index is 1.75. The monoisotopic (exact) mass is 425 g/mol. The fourth-order valence-corrected chi connectivity index (χ4v) is 3.81. The van der Waals surface area contributed by atoms with Crippen molar-refractivity contribution in [2.45, 2.75) is 20.8 Å². The molecule has 1 amide bonds. The lowest BCUT2D eigenvalue weighted by molar-refractivity contribution is -0.118. The average molecular weight is 426 g/mol. The van der Waals surface area contributed by atoms with Crippen LogP contribution in [0, 0.1) is 13.8 Å². The second-order valence-corrected chi connectivity index (χ2v) is 7.81. The molecule has 0 aliphatic carbocycles. The highest BCUT2D eigenvalue weighted by molar-refractivity contribution is 5.98. The minimum Gasteiger partial charge on any atom is -0.484 e. The summed E-state index contributed by atoms with van der Waals surface area (Å²) in [6.07, 6.45) is 0. The lowest BCUT2D eigenvalue weighted by atomic mass is 10.1. The van der Waals surface area contributed by atoms with E-state index >= 15 is 0 Å². The molecule has 3 rings (SSSR count). The summed E-state index contributed by atoms with van der Waals surface area (Å²) in [5.41, 5.74) is 4.03. The smallest absolute Gasteiger partial charge is 0.337 e. The Kier molecular flexibility index (Phi) is 7.52. The van der Waals surface area contributed by atoms with Crippen molar-refractivity contribution in [3.05, 3.63) is 53.1 Å². The van der Waals surface area contributed by atoms with Crippen LogP contribution >= 0.6 is 0 Å². The second kappa shape index (κ2) is 10.3. The predicted octanol–water partition coefficient (Wildman–Crippen LogP) is 3.25. The number of likely N-dealkylation sites (N-methyl/N-ethyl adjacent to an activating group) is 1. The molecule has 0 bridgehead atoms. The minimum absolute atomic E-state index is 0.117. The Bertz CT molecular complexity index is 916. The summed E-state index contributed by atoms with van der Waals surface area (Å²) in [6.45, 7) is 10.7. The standard InChI is InChI=1S/C24H31N3O4/c1-5-26-8-10-27(11-9-26)22-7-6-19(24(29)30-4)15-21(22)25-23(28)16-31-20-13-17(2)12-18(3)14-20/h6-7,12-15H,5,8-11,16H2,1-4H3,(H,25,28). The van der Waals surface area contributed by atoms with Crippen LogP contribution in [-0.4, -0.2) is 63.2 Å². The summed E-state index contributed by atoms with van der Waals surface area (Å²) in [4.78, 5) is 29.3. The molecule has 0 radical (unpaired) electrons. The molecule has 1 N–H and O–H groups in total. The van der Waals surface area contributed by atoms with E-state index in [2.05, 4.69) is 28.1 Å². The molecule has 1 fully saturated rings. The van der Waals surface area contributed by atoms with Gasteiger partial charge in [-0.25, -0.2) is 4.79 Å². The van der Waals surface area contributed by atoms with Crippen molar-refractivity contribution in [3.8, 4) is 5.75 Å². The summed E-state index contributed by atoms with van der Waals surface area (Å²) in [6, 6.07) is 11.1. The van der Waals surface area contributed by atoms with Crippen molar-refractivity contribution in [1.82, 2.24) is 4.90 Å². The first kappa shape index (κ1) is 22.6. The van der Waals surface area contributed by atoms with Gasteiger partial charge >= 0.3 is 5.97 Å². The third-order valence-electron chi connectivity index (χ3n) is 5.42. The lowest BCUT2D eigenvalue weighted by Crippen LogP contribution is -2.46. The molecular weight excluding hydrogens is 394 g/mol. The van der Waals surface area contributed by atoms with Gasteiger partial charge in [0.1, 0.15) is 5.75 Å². The van der Waals surface area contributed by atoms with E-state index in [1.54, 1.807) is 12.1 Å². The Morgan fingerprint density at radius 2 is 1.68 bits per heavy atom. The van der Waals surface area contributed by atoms with Crippen LogP contribution in [0.3, 0.4) is 0 Å². The van der Waals surface area contributed by atoms with Gasteiger partial charge in [0.2, 0.25) is 0 Å². The molecule has 0 atom stereocenters. The highest BCUT2D eigenvalue weighted by atomic mass is 16.5. The highest BCUT2D eigenvalue weighted by Gasteiger charge is 2.21. The van der Waals surface area contributed by atoms with E-state index in [0.29, 0.717) is 17.0 Å². The van der Waals surface area contributed by atoms with Crippen LogP contribution < -0.4 is 15.0 Å². The molecular formula is C24H31N3O4. The van der Waals surface area contributed by atoms with Crippen LogP contribution in [0.4, 0.5) is 11.4 Å². The van der Waals surface area contributed by atoms with E-state index in [1.807, 2.05) is 32.0 Å². The number of nitrogens with zero attached hydrogens (tertiary/aromatic N) is 2. The summed E-state index contributed by atoms with van der Waals surface area (Å²) in [7, 11) is 1.34. The van der Waals surface area contributed by atoms with E-state index < -0.39 is 5.97 Å². The number of piperazine rings is 1. The molecule has 0 aromatic heterocycles. The number of carbonyl (C=O) groups is 2. The maximum Gasteiger partial charge on any atom is 0.337 e. The summed E-state index contributed by atoms with van der Waals surface area (Å²) in [5.74, 6) is -0.0640. The molecule has 0 saturated carbocycles. The van der Waals surface area contributed by atoms with Crippen molar-refractivity contribution >= 4 is 23.3 Å². The molecule has 7 heteroatoms. The van der Waals surface area contributed by atoms with E-state index in [4.69, 9.17) is 9.47 Å². The number of hydrogen-bond acceptors (Lipinski definition) is 6. The number of amides is 1. The number of rotatable bonds is 7. The second-order valence-electron chi connectivity index (χ2n) is 7.81. The zero-order chi connectivity index (χ0) is 22.4. The van der Waals surface area contributed by atoms with Crippen LogP contribution in [0.25, 0.3) is 0 Å². The normalized spacial score (nSPS) is 14.3. The van der Waals surface area contributed by atoms with Gasteiger partial charge in [-0.2, -0.15) is 0 Å². The molecule has 7 nitrogen and oxygen atoms in total. The molecule has 0 spiro atoms. The fourth-order valence-electron chi connectivity index (χ4n) is 3.81. The number of anilines is 2. The Morgan fingerprint density at radius 3 is 2.29 bits per heavy atom. The maximum absolute atomic E-state index is 12.7. The van der Waals surface area contributed by atoms with Crippen LogP contribution in [-0.2, 0) is 9.53 Å². The SMILES string of the molecule is CCN1CCN(c2ccc(C(=O)OC)cc2NC(=O)COc2cc(C)cc(C)c2)CC1. The Morgan fingerprint density at radius 1 is 1.00 bits per heavy atom. The number of hydrogen-bond donors (Lipinski definition) is 1.